The van der Waals surface area contributed by atoms with Crippen molar-refractivity contribution in [3.05, 3.63) is 35.4 Å². The van der Waals surface area contributed by atoms with Gasteiger partial charge in [0.2, 0.25) is 0 Å². The lowest BCUT2D eigenvalue weighted by Gasteiger charge is -2.24. The van der Waals surface area contributed by atoms with Gasteiger partial charge in [-0.05, 0) is 49.1 Å². The standard InChI is InChI=1S/C16H21NO/c1-2-4-13-11(3-1)7-8-14(13)17-15-9-10-18-16(15)12-5-6-12/h1-4,12,14-17H,5-10H2. The number of fused-ring (bicyclic) bond motifs is 1. The minimum atomic E-state index is 0.498. The van der Waals surface area contributed by atoms with Crippen molar-refractivity contribution in [2.45, 2.75) is 50.3 Å². The Balaban J connectivity index is 1.49. The van der Waals surface area contributed by atoms with Crippen molar-refractivity contribution in [2.75, 3.05) is 6.61 Å². The van der Waals surface area contributed by atoms with Crippen molar-refractivity contribution in [3.63, 3.8) is 0 Å². The van der Waals surface area contributed by atoms with Crippen LogP contribution in [0.2, 0.25) is 0 Å². The van der Waals surface area contributed by atoms with Gasteiger partial charge in [-0.3, -0.25) is 0 Å². The highest BCUT2D eigenvalue weighted by Crippen LogP contribution is 2.40. The van der Waals surface area contributed by atoms with Gasteiger partial charge in [-0.1, -0.05) is 24.3 Å². The Labute approximate surface area is 109 Å². The van der Waals surface area contributed by atoms with Crippen molar-refractivity contribution in [1.29, 1.82) is 0 Å². The maximum atomic E-state index is 5.93. The number of nitrogens with one attached hydrogen (secondary N) is 1. The molecule has 1 aromatic carbocycles. The molecule has 0 radical (unpaired) electrons. The number of ether oxygens (including phenoxy) is 1. The SMILES string of the molecule is c1ccc2c(c1)CCC2NC1CCOC1C1CC1. The van der Waals surface area contributed by atoms with E-state index in [-0.39, 0.29) is 0 Å². The van der Waals surface area contributed by atoms with Crippen LogP contribution in [-0.2, 0) is 11.2 Å². The molecule has 2 fully saturated rings. The average Bonchev–Trinajstić information content (AvgIpc) is 3.01. The fourth-order valence-electron chi connectivity index (χ4n) is 3.67. The van der Waals surface area contributed by atoms with Crippen LogP contribution in [0.5, 0.6) is 0 Å². The summed E-state index contributed by atoms with van der Waals surface area (Å²) in [5, 5.41) is 3.88. The summed E-state index contributed by atoms with van der Waals surface area (Å²) in [6, 6.07) is 10.1. The van der Waals surface area contributed by atoms with Crippen molar-refractivity contribution < 1.29 is 4.74 Å². The van der Waals surface area contributed by atoms with E-state index in [1.165, 1.54) is 43.2 Å². The third kappa shape index (κ3) is 1.88. The van der Waals surface area contributed by atoms with Gasteiger partial charge in [0.05, 0.1) is 6.10 Å². The molecule has 3 atom stereocenters. The van der Waals surface area contributed by atoms with Gasteiger partial charge in [-0.25, -0.2) is 0 Å². The molecule has 0 amide bonds. The van der Waals surface area contributed by atoms with Gasteiger partial charge in [0.15, 0.2) is 0 Å². The summed E-state index contributed by atoms with van der Waals surface area (Å²) in [4.78, 5) is 0. The van der Waals surface area contributed by atoms with E-state index < -0.39 is 0 Å². The molecular weight excluding hydrogens is 222 g/mol. The summed E-state index contributed by atoms with van der Waals surface area (Å²) in [5.41, 5.74) is 3.07. The fraction of sp³-hybridized carbons (Fsp3) is 0.625. The zero-order chi connectivity index (χ0) is 11.9. The molecule has 0 aromatic heterocycles. The normalized spacial score (nSPS) is 34.8. The van der Waals surface area contributed by atoms with Crippen LogP contribution in [0.15, 0.2) is 24.3 Å². The van der Waals surface area contributed by atoms with Gasteiger partial charge in [0.1, 0.15) is 0 Å². The number of aryl methyl sites for hydroxylation is 1. The first kappa shape index (κ1) is 11.0. The molecule has 96 valence electrons. The molecule has 3 aliphatic rings. The molecule has 0 bridgehead atoms. The van der Waals surface area contributed by atoms with E-state index in [1.807, 2.05) is 0 Å². The molecule has 4 rings (SSSR count). The van der Waals surface area contributed by atoms with Crippen LogP contribution in [0.25, 0.3) is 0 Å². The molecule has 1 N–H and O–H groups in total. The van der Waals surface area contributed by atoms with Crippen LogP contribution in [0.4, 0.5) is 0 Å². The first-order valence-corrected chi connectivity index (χ1v) is 7.37. The van der Waals surface area contributed by atoms with Crippen molar-refractivity contribution in [2.24, 2.45) is 5.92 Å². The number of rotatable bonds is 3. The Morgan fingerprint density at radius 3 is 2.83 bits per heavy atom. The molecule has 2 heteroatoms. The summed E-state index contributed by atoms with van der Waals surface area (Å²) < 4.78 is 5.93. The molecule has 1 aromatic rings. The van der Waals surface area contributed by atoms with E-state index in [2.05, 4.69) is 29.6 Å². The van der Waals surface area contributed by atoms with Crippen molar-refractivity contribution in [1.82, 2.24) is 5.32 Å². The van der Waals surface area contributed by atoms with Crippen LogP contribution in [0.1, 0.15) is 42.9 Å². The lowest BCUT2D eigenvalue weighted by Crippen LogP contribution is -2.39. The Morgan fingerprint density at radius 1 is 1.06 bits per heavy atom. The van der Waals surface area contributed by atoms with Gasteiger partial charge >= 0.3 is 0 Å². The second kappa shape index (κ2) is 4.36. The summed E-state index contributed by atoms with van der Waals surface area (Å²) in [6.45, 7) is 0.952. The summed E-state index contributed by atoms with van der Waals surface area (Å²) in [5.74, 6) is 0.849. The van der Waals surface area contributed by atoms with Crippen LogP contribution in [0.3, 0.4) is 0 Å². The molecule has 0 spiro atoms. The fourth-order valence-corrected chi connectivity index (χ4v) is 3.67. The maximum absolute atomic E-state index is 5.93. The zero-order valence-corrected chi connectivity index (χ0v) is 10.8. The summed E-state index contributed by atoms with van der Waals surface area (Å²) >= 11 is 0. The third-order valence-corrected chi connectivity index (χ3v) is 4.77. The molecule has 1 saturated heterocycles. The summed E-state index contributed by atoms with van der Waals surface area (Å²) in [6.07, 6.45) is 6.94. The predicted octanol–water partition coefficient (Wildman–Crippen LogP) is 2.83. The first-order chi connectivity index (χ1) is 8.92. The second-order valence-electron chi connectivity index (χ2n) is 6.02. The predicted molar refractivity (Wildman–Crippen MR) is 71.5 cm³/mol. The molecule has 2 aliphatic carbocycles. The molecule has 1 aliphatic heterocycles. The van der Waals surface area contributed by atoms with E-state index in [1.54, 1.807) is 0 Å². The van der Waals surface area contributed by atoms with Gasteiger partial charge in [0, 0.05) is 18.7 Å². The smallest absolute Gasteiger partial charge is 0.0757 e. The summed E-state index contributed by atoms with van der Waals surface area (Å²) in [7, 11) is 0. The lowest BCUT2D eigenvalue weighted by molar-refractivity contribution is 0.0788. The highest BCUT2D eigenvalue weighted by Gasteiger charge is 2.41. The van der Waals surface area contributed by atoms with Gasteiger partial charge < -0.3 is 10.1 Å². The van der Waals surface area contributed by atoms with Crippen LogP contribution in [0, 0.1) is 5.92 Å². The lowest BCUT2D eigenvalue weighted by atomic mass is 10.0. The molecular formula is C16H21NO. The third-order valence-electron chi connectivity index (χ3n) is 4.77. The average molecular weight is 243 g/mol. The molecule has 2 nitrogen and oxygen atoms in total. The minimum Gasteiger partial charge on any atom is -0.376 e. The van der Waals surface area contributed by atoms with E-state index in [0.717, 1.165) is 12.5 Å². The molecule has 18 heavy (non-hydrogen) atoms. The molecule has 1 heterocycles. The van der Waals surface area contributed by atoms with Crippen LogP contribution in [-0.4, -0.2) is 18.8 Å². The highest BCUT2D eigenvalue weighted by atomic mass is 16.5. The Morgan fingerprint density at radius 2 is 1.94 bits per heavy atom. The van der Waals surface area contributed by atoms with Gasteiger partial charge in [-0.15, -0.1) is 0 Å². The van der Waals surface area contributed by atoms with Gasteiger partial charge in [0.25, 0.3) is 0 Å². The quantitative estimate of drug-likeness (QED) is 0.881. The second-order valence-corrected chi connectivity index (χ2v) is 6.02. The van der Waals surface area contributed by atoms with Crippen molar-refractivity contribution in [3.8, 4) is 0 Å². The number of benzene rings is 1. The van der Waals surface area contributed by atoms with E-state index >= 15 is 0 Å². The topological polar surface area (TPSA) is 21.3 Å². The van der Waals surface area contributed by atoms with E-state index in [9.17, 15) is 0 Å². The number of hydrogen-bond donors (Lipinski definition) is 1. The maximum Gasteiger partial charge on any atom is 0.0757 e. The highest BCUT2D eigenvalue weighted by molar-refractivity contribution is 5.34. The Hall–Kier alpha value is -0.860. The van der Waals surface area contributed by atoms with Crippen molar-refractivity contribution >= 4 is 0 Å². The molecule has 3 unspecified atom stereocenters. The van der Waals surface area contributed by atoms with Crippen LogP contribution >= 0.6 is 0 Å². The first-order valence-electron chi connectivity index (χ1n) is 7.37. The monoisotopic (exact) mass is 243 g/mol. The molecule has 1 saturated carbocycles. The Bertz CT molecular complexity index is 440. The number of hydrogen-bond acceptors (Lipinski definition) is 2. The Kier molecular flexibility index (Phi) is 2.66. The van der Waals surface area contributed by atoms with Crippen LogP contribution < -0.4 is 5.32 Å². The van der Waals surface area contributed by atoms with E-state index in [4.69, 9.17) is 4.74 Å². The minimum absolute atomic E-state index is 0.498. The zero-order valence-electron chi connectivity index (χ0n) is 10.8. The largest absolute Gasteiger partial charge is 0.376 e. The van der Waals surface area contributed by atoms with E-state index in [0.29, 0.717) is 18.2 Å². The van der Waals surface area contributed by atoms with Gasteiger partial charge in [-0.2, -0.15) is 0 Å².